The van der Waals surface area contributed by atoms with Crippen molar-refractivity contribution in [3.63, 3.8) is 0 Å². The van der Waals surface area contributed by atoms with Crippen LogP contribution >= 0.6 is 24.2 Å². The maximum atomic E-state index is 6.02. The topological polar surface area (TPSA) is 31.4 Å². The Hall–Kier alpha value is -0.450. The Balaban J connectivity index is 2.06. The van der Waals surface area contributed by atoms with Crippen LogP contribution in [0.5, 0.6) is 5.88 Å². The number of thiol groups is 1. The van der Waals surface area contributed by atoms with E-state index in [0.717, 1.165) is 26.1 Å². The third-order valence-electron chi connectivity index (χ3n) is 2.28. The van der Waals surface area contributed by atoms with Gasteiger partial charge in [0.05, 0.1) is 13.2 Å². The fraction of sp³-hybridized carbons (Fsp3) is 0.500. The van der Waals surface area contributed by atoms with Crippen molar-refractivity contribution >= 4 is 24.2 Å². The van der Waals surface area contributed by atoms with Gasteiger partial charge in [-0.1, -0.05) is 11.6 Å². The van der Waals surface area contributed by atoms with Gasteiger partial charge < -0.3 is 9.47 Å². The van der Waals surface area contributed by atoms with E-state index in [0.29, 0.717) is 15.8 Å². The molecule has 15 heavy (non-hydrogen) atoms. The van der Waals surface area contributed by atoms with Crippen LogP contribution in [0.3, 0.4) is 0 Å². The van der Waals surface area contributed by atoms with Crippen molar-refractivity contribution in [3.05, 3.63) is 17.3 Å². The Morgan fingerprint density at radius 3 is 2.93 bits per heavy atom. The monoisotopic (exact) mass is 245 g/mol. The van der Waals surface area contributed by atoms with Crippen LogP contribution in [0.2, 0.25) is 5.02 Å². The highest BCUT2D eigenvalue weighted by atomic mass is 35.5. The molecule has 0 N–H and O–H groups in total. The number of nitrogens with zero attached hydrogens (tertiary/aromatic N) is 1. The second-order valence-corrected chi connectivity index (χ2v) is 4.24. The molecule has 0 saturated carbocycles. The van der Waals surface area contributed by atoms with Crippen molar-refractivity contribution in [1.82, 2.24) is 4.98 Å². The molecule has 0 aliphatic carbocycles. The van der Waals surface area contributed by atoms with Crippen molar-refractivity contribution in [2.75, 3.05) is 13.2 Å². The highest BCUT2D eigenvalue weighted by Crippen LogP contribution is 2.29. The number of aromatic nitrogens is 1. The lowest BCUT2D eigenvalue weighted by Crippen LogP contribution is -2.26. The smallest absolute Gasteiger partial charge is 0.233 e. The third-order valence-corrected chi connectivity index (χ3v) is 3.15. The molecule has 0 bridgehead atoms. The Morgan fingerprint density at radius 1 is 1.47 bits per heavy atom. The van der Waals surface area contributed by atoms with Crippen LogP contribution in [0.4, 0.5) is 0 Å². The standard InChI is InChI=1S/C10H12ClNO2S/c11-9-8(15)1-4-12-10(9)14-7-2-5-13-6-3-7/h1,4,7H,2-3,5-6H2,(H,12,15). The van der Waals surface area contributed by atoms with E-state index in [1.165, 1.54) is 0 Å². The van der Waals surface area contributed by atoms with Crippen molar-refractivity contribution < 1.29 is 9.47 Å². The first-order valence-corrected chi connectivity index (χ1v) is 5.68. The second kappa shape index (κ2) is 5.05. The Labute approximate surface area is 99.2 Å². The largest absolute Gasteiger partial charge is 0.473 e. The molecule has 0 atom stereocenters. The van der Waals surface area contributed by atoms with Gasteiger partial charge in [0.2, 0.25) is 5.88 Å². The van der Waals surface area contributed by atoms with Gasteiger partial charge in [-0.3, -0.25) is 0 Å². The van der Waals surface area contributed by atoms with Gasteiger partial charge in [-0.2, -0.15) is 0 Å². The number of ether oxygens (including phenoxy) is 2. The molecule has 1 aliphatic heterocycles. The lowest BCUT2D eigenvalue weighted by Gasteiger charge is -2.23. The zero-order chi connectivity index (χ0) is 10.7. The predicted molar refractivity (Wildman–Crippen MR) is 61.0 cm³/mol. The lowest BCUT2D eigenvalue weighted by atomic mass is 10.1. The van der Waals surface area contributed by atoms with Gasteiger partial charge in [-0.05, 0) is 6.07 Å². The van der Waals surface area contributed by atoms with Crippen LogP contribution in [0.1, 0.15) is 12.8 Å². The van der Waals surface area contributed by atoms with Crippen molar-refractivity contribution in [2.45, 2.75) is 23.8 Å². The van der Waals surface area contributed by atoms with Crippen LogP contribution in [-0.4, -0.2) is 24.3 Å². The predicted octanol–water partition coefficient (Wildman–Crippen LogP) is 2.58. The van der Waals surface area contributed by atoms with E-state index in [-0.39, 0.29) is 6.10 Å². The number of rotatable bonds is 2. The van der Waals surface area contributed by atoms with Crippen molar-refractivity contribution in [1.29, 1.82) is 0 Å². The van der Waals surface area contributed by atoms with Crippen LogP contribution in [0.25, 0.3) is 0 Å². The summed E-state index contributed by atoms with van der Waals surface area (Å²) in [6.45, 7) is 1.48. The third kappa shape index (κ3) is 2.77. The maximum absolute atomic E-state index is 6.02. The molecular weight excluding hydrogens is 234 g/mol. The minimum absolute atomic E-state index is 0.152. The van der Waals surface area contributed by atoms with Gasteiger partial charge in [-0.25, -0.2) is 4.98 Å². The molecule has 3 nitrogen and oxygen atoms in total. The second-order valence-electron chi connectivity index (χ2n) is 3.38. The van der Waals surface area contributed by atoms with Crippen LogP contribution in [-0.2, 0) is 4.74 Å². The SMILES string of the molecule is Sc1ccnc(OC2CCOCC2)c1Cl. The van der Waals surface area contributed by atoms with E-state index in [1.807, 2.05) is 0 Å². The van der Waals surface area contributed by atoms with Gasteiger partial charge in [0.1, 0.15) is 11.1 Å². The average molecular weight is 246 g/mol. The maximum Gasteiger partial charge on any atom is 0.233 e. The summed E-state index contributed by atoms with van der Waals surface area (Å²) in [5.41, 5.74) is 0. The van der Waals surface area contributed by atoms with E-state index < -0.39 is 0 Å². The van der Waals surface area contributed by atoms with Gasteiger partial charge >= 0.3 is 0 Å². The zero-order valence-electron chi connectivity index (χ0n) is 8.15. The number of hydrogen-bond donors (Lipinski definition) is 1. The Bertz CT molecular complexity index is 342. The summed E-state index contributed by atoms with van der Waals surface area (Å²) in [4.78, 5) is 4.78. The van der Waals surface area contributed by atoms with E-state index in [4.69, 9.17) is 21.1 Å². The molecule has 0 spiro atoms. The number of halogens is 1. The lowest BCUT2D eigenvalue weighted by molar-refractivity contribution is 0.0237. The van der Waals surface area contributed by atoms with Crippen LogP contribution < -0.4 is 4.74 Å². The molecule has 1 aromatic rings. The van der Waals surface area contributed by atoms with E-state index in [1.54, 1.807) is 12.3 Å². The van der Waals surface area contributed by atoms with E-state index >= 15 is 0 Å². The normalized spacial score (nSPS) is 17.7. The molecule has 2 heterocycles. The number of pyridine rings is 1. The first-order valence-electron chi connectivity index (χ1n) is 4.85. The summed E-state index contributed by atoms with van der Waals surface area (Å²) in [5, 5.41) is 0.479. The van der Waals surface area contributed by atoms with Gasteiger partial charge in [-0.15, -0.1) is 12.6 Å². The molecule has 5 heteroatoms. The molecule has 1 aromatic heterocycles. The van der Waals surface area contributed by atoms with Crippen molar-refractivity contribution in [3.8, 4) is 5.88 Å². The molecule has 0 aromatic carbocycles. The fourth-order valence-corrected chi connectivity index (χ4v) is 1.77. The molecule has 2 rings (SSSR count). The molecule has 1 fully saturated rings. The minimum Gasteiger partial charge on any atom is -0.473 e. The Kier molecular flexibility index (Phi) is 3.72. The molecule has 1 aliphatic rings. The quantitative estimate of drug-likeness (QED) is 0.813. The summed E-state index contributed by atoms with van der Waals surface area (Å²) >= 11 is 10.2. The van der Waals surface area contributed by atoms with Crippen LogP contribution in [0.15, 0.2) is 17.2 Å². The molecular formula is C10H12ClNO2S. The molecule has 0 amide bonds. The van der Waals surface area contributed by atoms with Gasteiger partial charge in [0, 0.05) is 23.9 Å². The van der Waals surface area contributed by atoms with Crippen molar-refractivity contribution in [2.24, 2.45) is 0 Å². The average Bonchev–Trinajstić information content (AvgIpc) is 2.26. The first-order chi connectivity index (χ1) is 7.27. The zero-order valence-corrected chi connectivity index (χ0v) is 9.80. The Morgan fingerprint density at radius 2 is 2.20 bits per heavy atom. The summed E-state index contributed by atoms with van der Waals surface area (Å²) in [7, 11) is 0. The van der Waals surface area contributed by atoms with Gasteiger partial charge in [0.25, 0.3) is 0 Å². The minimum atomic E-state index is 0.152. The summed E-state index contributed by atoms with van der Waals surface area (Å²) < 4.78 is 10.9. The summed E-state index contributed by atoms with van der Waals surface area (Å²) in [6, 6.07) is 1.74. The summed E-state index contributed by atoms with van der Waals surface area (Å²) in [6.07, 6.45) is 3.56. The van der Waals surface area contributed by atoms with Gasteiger partial charge in [0.15, 0.2) is 0 Å². The first kappa shape index (κ1) is 11.0. The fourth-order valence-electron chi connectivity index (χ4n) is 1.45. The van der Waals surface area contributed by atoms with E-state index in [2.05, 4.69) is 17.6 Å². The molecule has 0 radical (unpaired) electrons. The molecule has 82 valence electrons. The number of hydrogen-bond acceptors (Lipinski definition) is 4. The highest BCUT2D eigenvalue weighted by molar-refractivity contribution is 7.80. The van der Waals surface area contributed by atoms with E-state index in [9.17, 15) is 0 Å². The highest BCUT2D eigenvalue weighted by Gasteiger charge is 2.17. The molecule has 1 saturated heterocycles. The molecule has 0 unspecified atom stereocenters. The summed E-state index contributed by atoms with van der Waals surface area (Å²) in [5.74, 6) is 0.469. The van der Waals surface area contributed by atoms with Crippen LogP contribution in [0, 0.1) is 0 Å².